The molecule has 0 aliphatic rings. The Morgan fingerprint density at radius 2 is 1.84 bits per heavy atom. The van der Waals surface area contributed by atoms with Crippen molar-refractivity contribution >= 4 is 17.5 Å². The molecule has 0 saturated carbocycles. The van der Waals surface area contributed by atoms with E-state index in [-0.39, 0.29) is 11.5 Å². The van der Waals surface area contributed by atoms with E-state index in [0.29, 0.717) is 22.9 Å². The number of nitrogens with zero attached hydrogens (tertiary/aromatic N) is 3. The van der Waals surface area contributed by atoms with Gasteiger partial charge < -0.3 is 5.32 Å². The Kier molecular flexibility index (Phi) is 4.29. The summed E-state index contributed by atoms with van der Waals surface area (Å²) in [6.07, 6.45) is 0. The summed E-state index contributed by atoms with van der Waals surface area (Å²) in [5.41, 5.74) is 1.26. The van der Waals surface area contributed by atoms with Gasteiger partial charge in [-0.3, -0.25) is 15.1 Å². The van der Waals surface area contributed by atoms with Crippen LogP contribution in [0.4, 0.5) is 20.7 Å². The number of urea groups is 1. The molecule has 3 rings (SSSR count). The number of rotatable bonds is 3. The molecule has 0 radical (unpaired) electrons. The van der Waals surface area contributed by atoms with Crippen LogP contribution in [0.5, 0.6) is 0 Å². The number of benzene rings is 1. The molecule has 0 saturated heterocycles. The van der Waals surface area contributed by atoms with Gasteiger partial charge in [0.15, 0.2) is 0 Å². The topological polar surface area (TPSA) is 105 Å². The molecule has 0 unspecified atom stereocenters. The number of hydrogen-bond donors (Lipinski definition) is 3. The standard InChI is InChI=1S/C16H15FN6O2/c1-9-8-14(24)21-15(18-9)23-13(7-10(2)22-23)20-16(25)19-12-5-3-11(17)4-6-12/h3-8H,1-2H3,(H,18,21,24)(H2,19,20,25). The van der Waals surface area contributed by atoms with Gasteiger partial charge in [-0.15, -0.1) is 0 Å². The van der Waals surface area contributed by atoms with Crippen molar-refractivity contribution < 1.29 is 9.18 Å². The molecule has 2 amide bonds. The third-order valence-corrected chi connectivity index (χ3v) is 3.23. The molecular weight excluding hydrogens is 327 g/mol. The van der Waals surface area contributed by atoms with Crippen LogP contribution >= 0.6 is 0 Å². The van der Waals surface area contributed by atoms with Gasteiger partial charge in [-0.25, -0.2) is 14.2 Å². The summed E-state index contributed by atoms with van der Waals surface area (Å²) in [5.74, 6) is 0.121. The van der Waals surface area contributed by atoms with Crippen LogP contribution in [0.2, 0.25) is 0 Å². The summed E-state index contributed by atoms with van der Waals surface area (Å²) in [5, 5.41) is 9.43. The van der Waals surface area contributed by atoms with Gasteiger partial charge in [0.1, 0.15) is 11.6 Å². The van der Waals surface area contributed by atoms with E-state index in [1.165, 1.54) is 35.0 Å². The van der Waals surface area contributed by atoms with E-state index in [0.717, 1.165) is 0 Å². The first-order valence-electron chi connectivity index (χ1n) is 7.39. The lowest BCUT2D eigenvalue weighted by Crippen LogP contribution is -2.22. The lowest BCUT2D eigenvalue weighted by molar-refractivity contribution is 0.262. The summed E-state index contributed by atoms with van der Waals surface area (Å²) in [6, 6.07) is 7.81. The van der Waals surface area contributed by atoms with E-state index in [2.05, 4.69) is 25.7 Å². The molecule has 9 heteroatoms. The van der Waals surface area contributed by atoms with E-state index in [4.69, 9.17) is 0 Å². The molecule has 2 aromatic heterocycles. The lowest BCUT2D eigenvalue weighted by atomic mass is 10.3. The Balaban J connectivity index is 1.84. The molecule has 0 bridgehead atoms. The number of aryl methyl sites for hydroxylation is 2. The smallest absolute Gasteiger partial charge is 0.308 e. The number of H-pyrrole nitrogens is 1. The number of nitrogens with one attached hydrogen (secondary N) is 3. The minimum absolute atomic E-state index is 0.190. The van der Waals surface area contributed by atoms with Gasteiger partial charge in [0.2, 0.25) is 5.95 Å². The Hall–Kier alpha value is -3.49. The normalized spacial score (nSPS) is 10.5. The van der Waals surface area contributed by atoms with Crippen molar-refractivity contribution in [3.05, 3.63) is 64.0 Å². The number of carbonyl (C=O) groups is 1. The lowest BCUT2D eigenvalue weighted by Gasteiger charge is -2.09. The fourth-order valence-corrected chi connectivity index (χ4v) is 2.23. The first-order chi connectivity index (χ1) is 11.9. The molecule has 2 heterocycles. The van der Waals surface area contributed by atoms with E-state index >= 15 is 0 Å². The number of carbonyl (C=O) groups excluding carboxylic acids is 1. The largest absolute Gasteiger partial charge is 0.324 e. The zero-order valence-corrected chi connectivity index (χ0v) is 13.5. The Morgan fingerprint density at radius 3 is 2.52 bits per heavy atom. The molecule has 3 N–H and O–H groups in total. The number of amides is 2. The van der Waals surface area contributed by atoms with E-state index in [9.17, 15) is 14.0 Å². The van der Waals surface area contributed by atoms with Gasteiger partial charge in [0.25, 0.3) is 5.56 Å². The zero-order valence-electron chi connectivity index (χ0n) is 13.5. The molecule has 8 nitrogen and oxygen atoms in total. The maximum Gasteiger partial charge on any atom is 0.324 e. The highest BCUT2D eigenvalue weighted by molar-refractivity contribution is 5.99. The van der Waals surface area contributed by atoms with Crippen LogP contribution in [0.25, 0.3) is 5.95 Å². The second kappa shape index (κ2) is 6.56. The Morgan fingerprint density at radius 1 is 1.12 bits per heavy atom. The first-order valence-corrected chi connectivity index (χ1v) is 7.39. The van der Waals surface area contributed by atoms with Gasteiger partial charge >= 0.3 is 6.03 Å². The third kappa shape index (κ3) is 3.89. The van der Waals surface area contributed by atoms with E-state index < -0.39 is 11.8 Å². The maximum atomic E-state index is 12.9. The summed E-state index contributed by atoms with van der Waals surface area (Å²) in [7, 11) is 0. The first kappa shape index (κ1) is 16.4. The second-order valence-corrected chi connectivity index (χ2v) is 5.38. The average Bonchev–Trinajstić information content (AvgIpc) is 2.89. The molecule has 0 aliphatic heterocycles. The monoisotopic (exact) mass is 342 g/mol. The van der Waals surface area contributed by atoms with Crippen molar-refractivity contribution in [1.82, 2.24) is 19.7 Å². The predicted molar refractivity (Wildman–Crippen MR) is 90.5 cm³/mol. The summed E-state index contributed by atoms with van der Waals surface area (Å²) < 4.78 is 14.2. The molecule has 25 heavy (non-hydrogen) atoms. The van der Waals surface area contributed by atoms with E-state index in [1.807, 2.05) is 0 Å². The molecule has 1 aromatic carbocycles. The fourth-order valence-electron chi connectivity index (χ4n) is 2.23. The highest BCUT2D eigenvalue weighted by atomic mass is 19.1. The molecular formula is C16H15FN6O2. The van der Waals surface area contributed by atoms with E-state index in [1.54, 1.807) is 19.9 Å². The minimum Gasteiger partial charge on any atom is -0.308 e. The number of hydrogen-bond acceptors (Lipinski definition) is 4. The van der Waals surface area contributed by atoms with Crippen LogP contribution in [0, 0.1) is 19.7 Å². The molecule has 128 valence electrons. The highest BCUT2D eigenvalue weighted by Gasteiger charge is 2.13. The third-order valence-electron chi connectivity index (χ3n) is 3.23. The zero-order chi connectivity index (χ0) is 18.0. The maximum absolute atomic E-state index is 12.9. The van der Waals surface area contributed by atoms with Crippen molar-refractivity contribution in [2.24, 2.45) is 0 Å². The van der Waals surface area contributed by atoms with Crippen LogP contribution in [0.3, 0.4) is 0 Å². The SMILES string of the molecule is Cc1cc(=O)[nH]c(-n2nc(C)cc2NC(=O)Nc2ccc(F)cc2)n1. The summed E-state index contributed by atoms with van der Waals surface area (Å²) in [6.45, 7) is 3.43. The van der Waals surface area contributed by atoms with Crippen molar-refractivity contribution in [2.75, 3.05) is 10.6 Å². The van der Waals surface area contributed by atoms with Crippen LogP contribution in [0.1, 0.15) is 11.4 Å². The van der Waals surface area contributed by atoms with Crippen molar-refractivity contribution in [3.63, 3.8) is 0 Å². The molecule has 0 fully saturated rings. The second-order valence-electron chi connectivity index (χ2n) is 5.38. The number of aromatic nitrogens is 4. The van der Waals surface area contributed by atoms with Gasteiger partial charge in [0.05, 0.1) is 5.69 Å². The van der Waals surface area contributed by atoms with Crippen molar-refractivity contribution in [3.8, 4) is 5.95 Å². The number of anilines is 2. The molecule has 0 aliphatic carbocycles. The molecule has 0 atom stereocenters. The minimum atomic E-state index is -0.539. The molecule has 3 aromatic rings. The van der Waals surface area contributed by atoms with Crippen molar-refractivity contribution in [2.45, 2.75) is 13.8 Å². The predicted octanol–water partition coefficient (Wildman–Crippen LogP) is 2.36. The van der Waals surface area contributed by atoms with Crippen LogP contribution in [0.15, 0.2) is 41.2 Å². The van der Waals surface area contributed by atoms with Crippen molar-refractivity contribution in [1.29, 1.82) is 0 Å². The summed E-state index contributed by atoms with van der Waals surface area (Å²) in [4.78, 5) is 30.5. The van der Waals surface area contributed by atoms with Gasteiger partial charge in [-0.2, -0.15) is 9.78 Å². The van der Waals surface area contributed by atoms with Gasteiger partial charge in [-0.1, -0.05) is 0 Å². The van der Waals surface area contributed by atoms with Crippen LogP contribution < -0.4 is 16.2 Å². The van der Waals surface area contributed by atoms with Crippen LogP contribution in [-0.4, -0.2) is 25.8 Å². The summed E-state index contributed by atoms with van der Waals surface area (Å²) >= 11 is 0. The molecule has 0 spiro atoms. The Labute approximate surface area is 141 Å². The average molecular weight is 342 g/mol. The quantitative estimate of drug-likeness (QED) is 0.679. The number of aromatic amines is 1. The fraction of sp³-hybridized carbons (Fsp3) is 0.125. The van der Waals surface area contributed by atoms with Gasteiger partial charge in [0, 0.05) is 23.5 Å². The van der Waals surface area contributed by atoms with Crippen LogP contribution in [-0.2, 0) is 0 Å². The van der Waals surface area contributed by atoms with Gasteiger partial charge in [-0.05, 0) is 38.1 Å². The highest BCUT2D eigenvalue weighted by Crippen LogP contribution is 2.15. The Bertz CT molecular complexity index is 977. The number of halogens is 1.